The molecule has 0 spiro atoms. The van der Waals surface area contributed by atoms with Crippen LogP contribution in [0.1, 0.15) is 19.3 Å². The van der Waals surface area contributed by atoms with Crippen molar-refractivity contribution in [2.45, 2.75) is 24.9 Å². The fourth-order valence-electron chi connectivity index (χ4n) is 1.48. The minimum absolute atomic E-state index is 0.412. The standard InChI is InChI=1S/C9H20N2OS/c10-4-1-7-13-8-9(12)2-5-11-6-3-9/h11-12H,1-8,10H2. The van der Waals surface area contributed by atoms with E-state index in [2.05, 4.69) is 5.32 Å². The van der Waals surface area contributed by atoms with Gasteiger partial charge in [-0.3, -0.25) is 0 Å². The van der Waals surface area contributed by atoms with Crippen LogP contribution in [0.4, 0.5) is 0 Å². The van der Waals surface area contributed by atoms with Crippen LogP contribution in [0.15, 0.2) is 0 Å². The molecule has 1 fully saturated rings. The van der Waals surface area contributed by atoms with Gasteiger partial charge in [-0.15, -0.1) is 0 Å². The highest BCUT2D eigenvalue weighted by Gasteiger charge is 2.28. The van der Waals surface area contributed by atoms with Crippen LogP contribution >= 0.6 is 11.8 Å². The molecule has 4 N–H and O–H groups in total. The molecule has 0 aromatic rings. The summed E-state index contributed by atoms with van der Waals surface area (Å²) in [4.78, 5) is 0. The van der Waals surface area contributed by atoms with Gasteiger partial charge in [-0.1, -0.05) is 0 Å². The second-order valence-electron chi connectivity index (χ2n) is 3.67. The minimum atomic E-state index is -0.412. The zero-order valence-electron chi connectivity index (χ0n) is 8.09. The normalized spacial score (nSPS) is 21.7. The van der Waals surface area contributed by atoms with Crippen molar-refractivity contribution < 1.29 is 5.11 Å². The molecule has 3 nitrogen and oxygen atoms in total. The van der Waals surface area contributed by atoms with Crippen LogP contribution in [0.3, 0.4) is 0 Å². The van der Waals surface area contributed by atoms with Gasteiger partial charge in [0.1, 0.15) is 0 Å². The summed E-state index contributed by atoms with van der Waals surface area (Å²) < 4.78 is 0. The van der Waals surface area contributed by atoms with E-state index < -0.39 is 5.60 Å². The first-order chi connectivity index (χ1) is 6.27. The number of nitrogens with two attached hydrogens (primary N) is 1. The first-order valence-corrected chi connectivity index (χ1v) is 6.13. The SMILES string of the molecule is NCCCSCC1(O)CCNCC1. The number of rotatable bonds is 5. The van der Waals surface area contributed by atoms with Crippen LogP contribution in [0.2, 0.25) is 0 Å². The van der Waals surface area contributed by atoms with E-state index in [1.165, 1.54) is 0 Å². The number of hydrogen-bond acceptors (Lipinski definition) is 4. The predicted molar refractivity (Wildman–Crippen MR) is 58.0 cm³/mol. The Morgan fingerprint density at radius 2 is 2.08 bits per heavy atom. The average Bonchev–Trinajstić information content (AvgIpc) is 2.14. The maximum atomic E-state index is 10.1. The van der Waals surface area contributed by atoms with Gasteiger partial charge in [0.05, 0.1) is 5.60 Å². The van der Waals surface area contributed by atoms with Gasteiger partial charge >= 0.3 is 0 Å². The highest BCUT2D eigenvalue weighted by Crippen LogP contribution is 2.23. The number of hydrogen-bond donors (Lipinski definition) is 3. The molecule has 0 atom stereocenters. The maximum absolute atomic E-state index is 10.1. The highest BCUT2D eigenvalue weighted by molar-refractivity contribution is 7.99. The van der Waals surface area contributed by atoms with E-state index in [-0.39, 0.29) is 0 Å². The summed E-state index contributed by atoms with van der Waals surface area (Å²) in [5.41, 5.74) is 4.98. The molecule has 4 heteroatoms. The molecule has 1 saturated heterocycles. The minimum Gasteiger partial charge on any atom is -0.389 e. The summed E-state index contributed by atoms with van der Waals surface area (Å²) in [5, 5.41) is 13.3. The fourth-order valence-corrected chi connectivity index (χ4v) is 2.67. The summed E-state index contributed by atoms with van der Waals surface area (Å²) in [6.07, 6.45) is 2.84. The number of piperidine rings is 1. The molecular weight excluding hydrogens is 184 g/mol. The van der Waals surface area contributed by atoms with Crippen molar-refractivity contribution >= 4 is 11.8 Å². The monoisotopic (exact) mass is 204 g/mol. The molecule has 0 aromatic heterocycles. The van der Waals surface area contributed by atoms with Crippen LogP contribution in [-0.4, -0.2) is 41.8 Å². The van der Waals surface area contributed by atoms with Crippen LogP contribution in [-0.2, 0) is 0 Å². The molecular formula is C9H20N2OS. The Labute approximate surface area is 84.5 Å². The third-order valence-corrected chi connectivity index (χ3v) is 3.72. The van der Waals surface area contributed by atoms with Crippen molar-refractivity contribution in [1.29, 1.82) is 0 Å². The average molecular weight is 204 g/mol. The Morgan fingerprint density at radius 3 is 2.69 bits per heavy atom. The van der Waals surface area contributed by atoms with Gasteiger partial charge in [0, 0.05) is 5.75 Å². The number of aliphatic hydroxyl groups is 1. The molecule has 0 unspecified atom stereocenters. The van der Waals surface area contributed by atoms with E-state index in [0.29, 0.717) is 0 Å². The molecule has 0 saturated carbocycles. The van der Waals surface area contributed by atoms with E-state index in [4.69, 9.17) is 5.73 Å². The van der Waals surface area contributed by atoms with E-state index in [1.807, 2.05) is 11.8 Å². The van der Waals surface area contributed by atoms with Crippen molar-refractivity contribution in [2.75, 3.05) is 31.1 Å². The summed E-state index contributed by atoms with van der Waals surface area (Å²) in [6.45, 7) is 2.66. The molecule has 1 rings (SSSR count). The number of thioether (sulfide) groups is 1. The Balaban J connectivity index is 2.10. The van der Waals surface area contributed by atoms with Crippen molar-refractivity contribution in [1.82, 2.24) is 5.32 Å². The first kappa shape index (κ1) is 11.3. The third kappa shape index (κ3) is 4.31. The Bertz CT molecular complexity index is 138. The first-order valence-electron chi connectivity index (χ1n) is 4.98. The smallest absolute Gasteiger partial charge is 0.0761 e. The molecule has 0 radical (unpaired) electrons. The second kappa shape index (κ2) is 5.86. The zero-order valence-corrected chi connectivity index (χ0v) is 8.91. The summed E-state index contributed by atoms with van der Waals surface area (Å²) in [6, 6.07) is 0. The van der Waals surface area contributed by atoms with Crippen molar-refractivity contribution in [2.24, 2.45) is 5.73 Å². The molecule has 0 amide bonds. The predicted octanol–water partition coefficient (Wildman–Crippen LogP) is 0.183. The Hall–Kier alpha value is 0.230. The number of nitrogens with one attached hydrogen (secondary N) is 1. The Kier molecular flexibility index (Phi) is 5.09. The van der Waals surface area contributed by atoms with E-state index in [0.717, 1.165) is 50.4 Å². The van der Waals surface area contributed by atoms with Crippen LogP contribution < -0.4 is 11.1 Å². The molecule has 0 bridgehead atoms. The van der Waals surface area contributed by atoms with Gasteiger partial charge in [-0.05, 0) is 44.6 Å². The largest absolute Gasteiger partial charge is 0.389 e. The summed E-state index contributed by atoms with van der Waals surface area (Å²) in [5.74, 6) is 1.95. The quantitative estimate of drug-likeness (QED) is 0.559. The highest BCUT2D eigenvalue weighted by atomic mass is 32.2. The third-order valence-electron chi connectivity index (χ3n) is 2.40. The van der Waals surface area contributed by atoms with Gasteiger partial charge in [-0.2, -0.15) is 11.8 Å². The second-order valence-corrected chi connectivity index (χ2v) is 4.77. The molecule has 78 valence electrons. The fraction of sp³-hybridized carbons (Fsp3) is 1.00. The molecule has 1 heterocycles. The molecule has 13 heavy (non-hydrogen) atoms. The van der Waals surface area contributed by atoms with Gasteiger partial charge < -0.3 is 16.2 Å². The van der Waals surface area contributed by atoms with E-state index >= 15 is 0 Å². The van der Waals surface area contributed by atoms with Crippen LogP contribution in [0.5, 0.6) is 0 Å². The van der Waals surface area contributed by atoms with Gasteiger partial charge in [0.25, 0.3) is 0 Å². The lowest BCUT2D eigenvalue weighted by Gasteiger charge is -2.32. The van der Waals surface area contributed by atoms with Crippen LogP contribution in [0.25, 0.3) is 0 Å². The van der Waals surface area contributed by atoms with Crippen molar-refractivity contribution in [3.63, 3.8) is 0 Å². The Morgan fingerprint density at radius 1 is 1.38 bits per heavy atom. The van der Waals surface area contributed by atoms with Crippen molar-refractivity contribution in [3.8, 4) is 0 Å². The molecule has 1 aliphatic rings. The van der Waals surface area contributed by atoms with Gasteiger partial charge in [0.2, 0.25) is 0 Å². The molecule has 0 aromatic carbocycles. The summed E-state index contributed by atoms with van der Waals surface area (Å²) in [7, 11) is 0. The lowest BCUT2D eigenvalue weighted by Crippen LogP contribution is -2.43. The molecule has 0 aliphatic carbocycles. The topological polar surface area (TPSA) is 58.3 Å². The summed E-state index contributed by atoms with van der Waals surface area (Å²) >= 11 is 1.83. The van der Waals surface area contributed by atoms with Crippen molar-refractivity contribution in [3.05, 3.63) is 0 Å². The van der Waals surface area contributed by atoms with Gasteiger partial charge in [0.15, 0.2) is 0 Å². The van der Waals surface area contributed by atoms with E-state index in [9.17, 15) is 5.11 Å². The lowest BCUT2D eigenvalue weighted by molar-refractivity contribution is 0.0339. The van der Waals surface area contributed by atoms with E-state index in [1.54, 1.807) is 0 Å². The maximum Gasteiger partial charge on any atom is 0.0761 e. The van der Waals surface area contributed by atoms with Gasteiger partial charge in [-0.25, -0.2) is 0 Å². The molecule has 1 aliphatic heterocycles. The van der Waals surface area contributed by atoms with Crippen LogP contribution in [0, 0.1) is 0 Å². The lowest BCUT2D eigenvalue weighted by atomic mass is 9.95. The zero-order chi connectivity index (χ0) is 9.57.